The highest BCUT2D eigenvalue weighted by atomic mass is 79.9. The fourth-order valence-electron chi connectivity index (χ4n) is 3.13. The van der Waals surface area contributed by atoms with Crippen molar-refractivity contribution < 1.29 is 0 Å². The summed E-state index contributed by atoms with van der Waals surface area (Å²) in [5, 5.41) is 13.6. The van der Waals surface area contributed by atoms with Crippen molar-refractivity contribution in [3.8, 4) is 11.1 Å². The fourth-order valence-corrected chi connectivity index (χ4v) is 3.53. The first kappa shape index (κ1) is 16.6. The SMILES string of the molecule is N=Cc1c(Nc2ccccc2)ccc2ccc(-c3cccc(Br)c3)cc12. The van der Waals surface area contributed by atoms with Crippen molar-refractivity contribution in [1.82, 2.24) is 0 Å². The van der Waals surface area contributed by atoms with E-state index in [1.165, 1.54) is 6.21 Å². The number of nitrogens with one attached hydrogen (secondary N) is 2. The molecular weight excluding hydrogens is 384 g/mol. The molecule has 0 fully saturated rings. The van der Waals surface area contributed by atoms with Crippen LogP contribution in [0.2, 0.25) is 0 Å². The van der Waals surface area contributed by atoms with Gasteiger partial charge >= 0.3 is 0 Å². The van der Waals surface area contributed by atoms with Gasteiger partial charge in [0.1, 0.15) is 0 Å². The molecule has 0 amide bonds. The average Bonchev–Trinajstić information content (AvgIpc) is 2.68. The van der Waals surface area contributed by atoms with Gasteiger partial charge in [-0.05, 0) is 58.3 Å². The van der Waals surface area contributed by atoms with Crippen molar-refractivity contribution in [3.05, 3.63) is 95.0 Å². The molecule has 0 saturated carbocycles. The molecule has 26 heavy (non-hydrogen) atoms. The van der Waals surface area contributed by atoms with Crippen LogP contribution in [0.15, 0.2) is 89.4 Å². The summed E-state index contributed by atoms with van der Waals surface area (Å²) in [6.45, 7) is 0. The number of fused-ring (bicyclic) bond motifs is 1. The molecule has 4 aromatic rings. The van der Waals surface area contributed by atoms with Gasteiger partial charge in [0.05, 0.1) is 0 Å². The Hall–Kier alpha value is -2.91. The zero-order chi connectivity index (χ0) is 17.9. The number of hydrogen-bond donors (Lipinski definition) is 2. The highest BCUT2D eigenvalue weighted by Gasteiger charge is 2.08. The Balaban J connectivity index is 1.84. The fraction of sp³-hybridized carbons (Fsp3) is 0. The van der Waals surface area contributed by atoms with E-state index in [0.29, 0.717) is 0 Å². The van der Waals surface area contributed by atoms with Crippen molar-refractivity contribution in [2.24, 2.45) is 0 Å². The van der Waals surface area contributed by atoms with Gasteiger partial charge in [-0.3, -0.25) is 0 Å². The largest absolute Gasteiger partial charge is 0.355 e. The Morgan fingerprint density at radius 3 is 2.31 bits per heavy atom. The molecule has 0 aliphatic rings. The average molecular weight is 401 g/mol. The first-order chi connectivity index (χ1) is 12.7. The number of halogens is 1. The summed E-state index contributed by atoms with van der Waals surface area (Å²) >= 11 is 3.54. The first-order valence-electron chi connectivity index (χ1n) is 8.40. The Morgan fingerprint density at radius 2 is 1.54 bits per heavy atom. The normalized spacial score (nSPS) is 10.7. The standard InChI is InChI=1S/C23H17BrN2/c24-19-6-4-5-17(13-19)18-10-9-16-11-12-23(22(15-25)21(16)14-18)26-20-7-2-1-3-8-20/h1-15,25-26H. The molecular formula is C23H17BrN2. The number of benzene rings is 4. The maximum absolute atomic E-state index is 7.97. The minimum absolute atomic E-state index is 0.892. The van der Waals surface area contributed by atoms with E-state index < -0.39 is 0 Å². The Morgan fingerprint density at radius 1 is 0.769 bits per heavy atom. The van der Waals surface area contributed by atoms with Gasteiger partial charge in [0.2, 0.25) is 0 Å². The maximum Gasteiger partial charge on any atom is 0.0479 e. The lowest BCUT2D eigenvalue weighted by Gasteiger charge is -2.13. The van der Waals surface area contributed by atoms with Crippen LogP contribution in [0.1, 0.15) is 5.56 Å². The van der Waals surface area contributed by atoms with Gasteiger partial charge in [-0.25, -0.2) is 0 Å². The van der Waals surface area contributed by atoms with Crippen LogP contribution in [-0.4, -0.2) is 6.21 Å². The lowest BCUT2D eigenvalue weighted by Crippen LogP contribution is -1.96. The highest BCUT2D eigenvalue weighted by Crippen LogP contribution is 2.32. The van der Waals surface area contributed by atoms with Crippen LogP contribution in [0.3, 0.4) is 0 Å². The van der Waals surface area contributed by atoms with Crippen LogP contribution >= 0.6 is 15.9 Å². The maximum atomic E-state index is 7.97. The van der Waals surface area contributed by atoms with Crippen LogP contribution in [0.25, 0.3) is 21.9 Å². The summed E-state index contributed by atoms with van der Waals surface area (Å²) in [5.41, 5.74) is 5.13. The second kappa shape index (κ2) is 7.14. The molecule has 0 spiro atoms. The molecule has 2 N–H and O–H groups in total. The topological polar surface area (TPSA) is 35.9 Å². The molecule has 0 aliphatic carbocycles. The van der Waals surface area contributed by atoms with Crippen molar-refractivity contribution in [2.75, 3.05) is 5.32 Å². The van der Waals surface area contributed by atoms with Gasteiger partial charge < -0.3 is 10.7 Å². The van der Waals surface area contributed by atoms with Gasteiger partial charge in [-0.15, -0.1) is 0 Å². The van der Waals surface area contributed by atoms with Crippen molar-refractivity contribution in [2.45, 2.75) is 0 Å². The molecule has 4 rings (SSSR count). The first-order valence-corrected chi connectivity index (χ1v) is 9.19. The van der Waals surface area contributed by atoms with Gasteiger partial charge in [-0.2, -0.15) is 0 Å². The van der Waals surface area contributed by atoms with Crippen molar-refractivity contribution in [3.63, 3.8) is 0 Å². The molecule has 0 aromatic heterocycles. The summed E-state index contributed by atoms with van der Waals surface area (Å²) in [5.74, 6) is 0. The highest BCUT2D eigenvalue weighted by molar-refractivity contribution is 9.10. The summed E-state index contributed by atoms with van der Waals surface area (Å²) in [6.07, 6.45) is 1.43. The zero-order valence-corrected chi connectivity index (χ0v) is 15.6. The minimum atomic E-state index is 0.892. The van der Waals surface area contributed by atoms with E-state index in [4.69, 9.17) is 5.41 Å². The van der Waals surface area contributed by atoms with Gasteiger partial charge in [-0.1, -0.05) is 64.5 Å². The number of hydrogen-bond acceptors (Lipinski definition) is 2. The van der Waals surface area contributed by atoms with Crippen LogP contribution in [0, 0.1) is 5.41 Å². The Bertz CT molecular complexity index is 1090. The quantitative estimate of drug-likeness (QED) is 0.355. The molecule has 0 unspecified atom stereocenters. The van der Waals surface area contributed by atoms with Crippen molar-refractivity contribution >= 4 is 44.3 Å². The van der Waals surface area contributed by atoms with Gasteiger partial charge in [0.15, 0.2) is 0 Å². The molecule has 2 nitrogen and oxygen atoms in total. The molecule has 3 heteroatoms. The number of rotatable bonds is 4. The van der Waals surface area contributed by atoms with Gasteiger partial charge in [0, 0.05) is 27.6 Å². The van der Waals surface area contributed by atoms with Gasteiger partial charge in [0.25, 0.3) is 0 Å². The van der Waals surface area contributed by atoms with Crippen LogP contribution in [0.4, 0.5) is 11.4 Å². The van der Waals surface area contributed by atoms with Crippen LogP contribution < -0.4 is 5.32 Å². The van der Waals surface area contributed by atoms with E-state index in [0.717, 1.165) is 43.3 Å². The Labute approximate surface area is 161 Å². The molecule has 0 saturated heterocycles. The van der Waals surface area contributed by atoms with E-state index in [2.05, 4.69) is 57.6 Å². The third kappa shape index (κ3) is 3.26. The summed E-state index contributed by atoms with van der Waals surface area (Å²) in [7, 11) is 0. The van der Waals surface area contributed by atoms with Crippen molar-refractivity contribution in [1.29, 1.82) is 5.41 Å². The predicted octanol–water partition coefficient (Wildman–Crippen LogP) is 7.01. The molecule has 0 atom stereocenters. The third-order valence-electron chi connectivity index (χ3n) is 4.42. The number of anilines is 2. The van der Waals surface area contributed by atoms with E-state index in [1.807, 2.05) is 48.5 Å². The molecule has 0 heterocycles. The second-order valence-electron chi connectivity index (χ2n) is 6.11. The van der Waals surface area contributed by atoms with E-state index >= 15 is 0 Å². The summed E-state index contributed by atoms with van der Waals surface area (Å²) in [6, 6.07) is 28.8. The lowest BCUT2D eigenvalue weighted by atomic mass is 9.97. The van der Waals surface area contributed by atoms with E-state index in [1.54, 1.807) is 0 Å². The monoisotopic (exact) mass is 400 g/mol. The summed E-state index contributed by atoms with van der Waals surface area (Å²) in [4.78, 5) is 0. The lowest BCUT2D eigenvalue weighted by molar-refractivity contribution is 1.52. The molecule has 0 bridgehead atoms. The Kier molecular flexibility index (Phi) is 4.55. The predicted molar refractivity (Wildman–Crippen MR) is 115 cm³/mol. The minimum Gasteiger partial charge on any atom is -0.355 e. The smallest absolute Gasteiger partial charge is 0.0479 e. The third-order valence-corrected chi connectivity index (χ3v) is 4.91. The van der Waals surface area contributed by atoms with Crippen LogP contribution in [0.5, 0.6) is 0 Å². The number of para-hydroxylation sites is 1. The second-order valence-corrected chi connectivity index (χ2v) is 7.02. The molecule has 0 radical (unpaired) electrons. The van der Waals surface area contributed by atoms with Crippen LogP contribution in [-0.2, 0) is 0 Å². The van der Waals surface area contributed by atoms with E-state index in [-0.39, 0.29) is 0 Å². The molecule has 0 aliphatic heterocycles. The van der Waals surface area contributed by atoms with E-state index in [9.17, 15) is 0 Å². The zero-order valence-electron chi connectivity index (χ0n) is 14.0. The molecule has 126 valence electrons. The molecule has 4 aromatic carbocycles. The summed E-state index contributed by atoms with van der Waals surface area (Å²) < 4.78 is 1.06.